The van der Waals surface area contributed by atoms with Gasteiger partial charge in [-0.05, 0) is 31.0 Å². The van der Waals surface area contributed by atoms with Crippen LogP contribution in [0.15, 0.2) is 18.2 Å². The van der Waals surface area contributed by atoms with Gasteiger partial charge in [0.1, 0.15) is 6.07 Å². The maximum Gasteiger partial charge on any atom is 0.391 e. The lowest BCUT2D eigenvalue weighted by Gasteiger charge is -2.34. The number of hydrogen-bond donors (Lipinski definition) is 0. The van der Waals surface area contributed by atoms with E-state index in [0.717, 1.165) is 0 Å². The van der Waals surface area contributed by atoms with E-state index in [2.05, 4.69) is 0 Å². The zero-order valence-electron chi connectivity index (χ0n) is 10.0. The molecule has 0 unspecified atom stereocenters. The van der Waals surface area contributed by atoms with Crippen molar-refractivity contribution in [2.75, 3.05) is 18.0 Å². The Morgan fingerprint density at radius 2 is 1.89 bits per heavy atom. The van der Waals surface area contributed by atoms with Crippen LogP contribution in [0.25, 0.3) is 0 Å². The minimum atomic E-state index is -4.13. The van der Waals surface area contributed by atoms with Gasteiger partial charge in [-0.15, -0.1) is 0 Å². The molecule has 0 aromatic heterocycles. The number of alkyl halides is 3. The van der Waals surface area contributed by atoms with Gasteiger partial charge < -0.3 is 4.90 Å². The molecule has 0 atom stereocenters. The van der Waals surface area contributed by atoms with Crippen LogP contribution in [0, 0.1) is 17.2 Å². The highest BCUT2D eigenvalue weighted by atomic mass is 35.5. The summed E-state index contributed by atoms with van der Waals surface area (Å²) in [5.41, 5.74) is 1.06. The van der Waals surface area contributed by atoms with Crippen molar-refractivity contribution in [3.63, 3.8) is 0 Å². The van der Waals surface area contributed by atoms with E-state index >= 15 is 0 Å². The smallest absolute Gasteiger partial charge is 0.370 e. The molecule has 1 aromatic rings. The van der Waals surface area contributed by atoms with E-state index in [4.69, 9.17) is 16.9 Å². The third-order valence-electron chi connectivity index (χ3n) is 3.38. The second kappa shape index (κ2) is 5.30. The van der Waals surface area contributed by atoms with E-state index in [1.165, 1.54) is 0 Å². The minimum Gasteiger partial charge on any atom is -0.370 e. The van der Waals surface area contributed by atoms with E-state index < -0.39 is 12.1 Å². The molecule has 2 nitrogen and oxygen atoms in total. The normalized spacial score (nSPS) is 17.3. The van der Waals surface area contributed by atoms with Gasteiger partial charge in [0, 0.05) is 18.1 Å². The second-order valence-electron chi connectivity index (χ2n) is 4.58. The molecule has 102 valence electrons. The molecule has 0 amide bonds. The average Bonchev–Trinajstić information content (AvgIpc) is 2.38. The van der Waals surface area contributed by atoms with Gasteiger partial charge in [-0.25, -0.2) is 0 Å². The molecule has 0 radical (unpaired) electrons. The monoisotopic (exact) mass is 288 g/mol. The van der Waals surface area contributed by atoms with Crippen molar-refractivity contribution in [1.82, 2.24) is 0 Å². The van der Waals surface area contributed by atoms with Crippen LogP contribution in [-0.4, -0.2) is 19.3 Å². The Bertz CT molecular complexity index is 500. The van der Waals surface area contributed by atoms with Crippen LogP contribution >= 0.6 is 11.6 Å². The van der Waals surface area contributed by atoms with E-state index in [-0.39, 0.29) is 12.8 Å². The standard InChI is InChI=1S/C13H12ClF3N2/c14-11-2-1-9(8-18)12(7-11)19-5-3-10(4-6-19)13(15,16)17/h1-2,7,10H,3-6H2. The number of benzene rings is 1. The lowest BCUT2D eigenvalue weighted by Crippen LogP contribution is -2.39. The third kappa shape index (κ3) is 3.13. The molecule has 1 saturated heterocycles. The topological polar surface area (TPSA) is 27.0 Å². The molecular weight excluding hydrogens is 277 g/mol. The highest BCUT2D eigenvalue weighted by Crippen LogP contribution is 2.36. The van der Waals surface area contributed by atoms with Crippen LogP contribution < -0.4 is 4.90 Å². The first-order valence-electron chi connectivity index (χ1n) is 5.93. The van der Waals surface area contributed by atoms with Gasteiger partial charge in [-0.3, -0.25) is 0 Å². The van der Waals surface area contributed by atoms with Gasteiger partial charge in [-0.1, -0.05) is 11.6 Å². The molecule has 1 aliphatic heterocycles. The summed E-state index contributed by atoms with van der Waals surface area (Å²) in [6.45, 7) is 0.582. The van der Waals surface area contributed by atoms with Crippen LogP contribution in [0.3, 0.4) is 0 Å². The zero-order chi connectivity index (χ0) is 14.0. The van der Waals surface area contributed by atoms with Crippen molar-refractivity contribution in [2.45, 2.75) is 19.0 Å². The van der Waals surface area contributed by atoms with Gasteiger partial charge in [-0.2, -0.15) is 18.4 Å². The molecule has 0 spiro atoms. The second-order valence-corrected chi connectivity index (χ2v) is 5.01. The fourth-order valence-electron chi connectivity index (χ4n) is 2.31. The number of piperidine rings is 1. The van der Waals surface area contributed by atoms with Gasteiger partial charge >= 0.3 is 6.18 Å². The molecule has 1 fully saturated rings. The summed E-state index contributed by atoms with van der Waals surface area (Å²) in [4.78, 5) is 1.80. The zero-order valence-corrected chi connectivity index (χ0v) is 10.8. The van der Waals surface area contributed by atoms with Gasteiger partial charge in [0.25, 0.3) is 0 Å². The third-order valence-corrected chi connectivity index (χ3v) is 3.61. The fourth-order valence-corrected chi connectivity index (χ4v) is 2.48. The van der Waals surface area contributed by atoms with Crippen molar-refractivity contribution in [3.05, 3.63) is 28.8 Å². The molecule has 1 heterocycles. The summed E-state index contributed by atoms with van der Waals surface area (Å²) >= 11 is 5.88. The molecule has 0 N–H and O–H groups in total. The lowest BCUT2D eigenvalue weighted by atomic mass is 9.95. The summed E-state index contributed by atoms with van der Waals surface area (Å²) in [6, 6.07) is 6.87. The van der Waals surface area contributed by atoms with Crippen molar-refractivity contribution in [3.8, 4) is 6.07 Å². The predicted octanol–water partition coefficient (Wildman–Crippen LogP) is 3.99. The molecule has 1 aliphatic rings. The van der Waals surface area contributed by atoms with E-state index in [1.807, 2.05) is 6.07 Å². The first kappa shape index (κ1) is 14.0. The van der Waals surface area contributed by atoms with Crippen molar-refractivity contribution in [2.24, 2.45) is 5.92 Å². The molecule has 6 heteroatoms. The summed E-state index contributed by atoms with van der Waals surface area (Å²) in [5.74, 6) is -1.24. The largest absolute Gasteiger partial charge is 0.391 e. The molecule has 0 bridgehead atoms. The summed E-state index contributed by atoms with van der Waals surface area (Å²) in [6.07, 6.45) is -4.01. The Morgan fingerprint density at radius 1 is 1.26 bits per heavy atom. The predicted molar refractivity (Wildman–Crippen MR) is 67.2 cm³/mol. The van der Waals surface area contributed by atoms with Gasteiger partial charge in [0.15, 0.2) is 0 Å². The Kier molecular flexibility index (Phi) is 3.91. The number of halogens is 4. The van der Waals surface area contributed by atoms with E-state index in [1.54, 1.807) is 23.1 Å². The highest BCUT2D eigenvalue weighted by molar-refractivity contribution is 6.30. The summed E-state index contributed by atoms with van der Waals surface area (Å²) < 4.78 is 37.8. The maximum absolute atomic E-state index is 12.6. The molecule has 0 aliphatic carbocycles. The quantitative estimate of drug-likeness (QED) is 0.781. The number of nitriles is 1. The number of nitrogens with zero attached hydrogens (tertiary/aromatic N) is 2. The van der Waals surface area contributed by atoms with Gasteiger partial charge in [0.2, 0.25) is 0 Å². The van der Waals surface area contributed by atoms with Crippen molar-refractivity contribution >= 4 is 17.3 Å². The number of anilines is 1. The molecular formula is C13H12ClF3N2. The fraction of sp³-hybridized carbons (Fsp3) is 0.462. The minimum absolute atomic E-state index is 0.0564. The van der Waals surface area contributed by atoms with Crippen molar-refractivity contribution in [1.29, 1.82) is 5.26 Å². The number of rotatable bonds is 1. The van der Waals surface area contributed by atoms with Gasteiger partial charge in [0.05, 0.1) is 17.2 Å². The Labute approximate surface area is 114 Å². The van der Waals surface area contributed by atoms with E-state index in [0.29, 0.717) is 29.4 Å². The Balaban J connectivity index is 2.14. The Morgan fingerprint density at radius 3 is 2.42 bits per heavy atom. The molecule has 1 aromatic carbocycles. The number of hydrogen-bond acceptors (Lipinski definition) is 2. The maximum atomic E-state index is 12.6. The van der Waals surface area contributed by atoms with Crippen LogP contribution in [0.2, 0.25) is 5.02 Å². The van der Waals surface area contributed by atoms with Crippen LogP contribution in [-0.2, 0) is 0 Å². The van der Waals surface area contributed by atoms with Crippen molar-refractivity contribution < 1.29 is 13.2 Å². The first-order chi connectivity index (χ1) is 8.91. The van der Waals surface area contributed by atoms with Crippen LogP contribution in [0.1, 0.15) is 18.4 Å². The lowest BCUT2D eigenvalue weighted by molar-refractivity contribution is -0.179. The molecule has 2 rings (SSSR count). The first-order valence-corrected chi connectivity index (χ1v) is 6.31. The van der Waals surface area contributed by atoms with Crippen LogP contribution in [0.4, 0.5) is 18.9 Å². The molecule has 0 saturated carbocycles. The highest BCUT2D eigenvalue weighted by Gasteiger charge is 2.41. The van der Waals surface area contributed by atoms with E-state index in [9.17, 15) is 13.2 Å². The Hall–Kier alpha value is -1.41. The summed E-state index contributed by atoms with van der Waals surface area (Å²) in [7, 11) is 0. The average molecular weight is 289 g/mol. The summed E-state index contributed by atoms with van der Waals surface area (Å²) in [5, 5.41) is 9.50. The SMILES string of the molecule is N#Cc1ccc(Cl)cc1N1CCC(C(F)(F)F)CC1. The molecule has 19 heavy (non-hydrogen) atoms. The van der Waals surface area contributed by atoms with Crippen LogP contribution in [0.5, 0.6) is 0 Å².